The van der Waals surface area contributed by atoms with Crippen molar-refractivity contribution in [1.82, 2.24) is 9.88 Å². The lowest BCUT2D eigenvalue weighted by Crippen LogP contribution is -2.35. The lowest BCUT2D eigenvalue weighted by Gasteiger charge is -2.26. The molecule has 3 rings (SSSR count). The number of aromatic amines is 1. The molecular formula is C16H17IN2O4. The molecule has 0 aliphatic carbocycles. The van der Waals surface area contributed by atoms with Crippen molar-refractivity contribution < 1.29 is 14.3 Å². The number of rotatable bonds is 3. The van der Waals surface area contributed by atoms with Gasteiger partial charge in [-0.1, -0.05) is 0 Å². The number of carbonyl (C=O) groups is 1. The zero-order valence-corrected chi connectivity index (χ0v) is 14.9. The van der Waals surface area contributed by atoms with Crippen LogP contribution in [0.2, 0.25) is 0 Å². The third kappa shape index (κ3) is 3.41. The van der Waals surface area contributed by atoms with Gasteiger partial charge in [-0.3, -0.25) is 9.69 Å². The number of hydrogen-bond donors (Lipinski definition) is 1. The molecule has 1 saturated heterocycles. The standard InChI is InChI=1S/C16H17IN2O4/c1-22-16(21)12-8-18-14-11(15(12)20)6-10(7-13(14)17)9-19-2-4-23-5-3-19/h6-8H,2-5,9H2,1H3,(H,18,20). The van der Waals surface area contributed by atoms with E-state index in [0.29, 0.717) is 5.39 Å². The van der Waals surface area contributed by atoms with Crippen LogP contribution in [0.3, 0.4) is 0 Å². The first-order valence-electron chi connectivity index (χ1n) is 7.32. The molecule has 2 heterocycles. The van der Waals surface area contributed by atoms with Gasteiger partial charge in [-0.2, -0.15) is 0 Å². The molecule has 0 radical (unpaired) electrons. The number of methoxy groups -OCH3 is 1. The lowest BCUT2D eigenvalue weighted by atomic mass is 10.1. The van der Waals surface area contributed by atoms with Crippen molar-refractivity contribution in [3.8, 4) is 0 Å². The smallest absolute Gasteiger partial charge is 0.343 e. The molecule has 1 aliphatic rings. The zero-order valence-electron chi connectivity index (χ0n) is 12.7. The highest BCUT2D eigenvalue weighted by molar-refractivity contribution is 14.1. The first-order chi connectivity index (χ1) is 11.1. The number of pyridine rings is 1. The molecule has 1 aromatic carbocycles. The summed E-state index contributed by atoms with van der Waals surface area (Å²) in [6.45, 7) is 3.99. The van der Waals surface area contributed by atoms with Crippen LogP contribution in [0.15, 0.2) is 23.1 Å². The van der Waals surface area contributed by atoms with Gasteiger partial charge >= 0.3 is 5.97 Å². The van der Waals surface area contributed by atoms with Gasteiger partial charge in [-0.05, 0) is 40.3 Å². The Kier molecular flexibility index (Phi) is 4.98. The van der Waals surface area contributed by atoms with Crippen LogP contribution in [0.4, 0.5) is 0 Å². The second-order valence-corrected chi connectivity index (χ2v) is 6.57. The van der Waals surface area contributed by atoms with E-state index in [2.05, 4.69) is 43.3 Å². The summed E-state index contributed by atoms with van der Waals surface area (Å²) >= 11 is 2.20. The SMILES string of the molecule is COC(=O)c1c[nH]c2c(I)cc(CN3CCOCC3)cc2c1=O. The van der Waals surface area contributed by atoms with Crippen LogP contribution in [0.25, 0.3) is 10.9 Å². The number of esters is 1. The molecule has 1 aromatic heterocycles. The monoisotopic (exact) mass is 428 g/mol. The quantitative estimate of drug-likeness (QED) is 0.596. The van der Waals surface area contributed by atoms with Crippen LogP contribution < -0.4 is 5.43 Å². The van der Waals surface area contributed by atoms with Gasteiger partial charge in [0.05, 0.1) is 25.8 Å². The van der Waals surface area contributed by atoms with Crippen molar-refractivity contribution in [1.29, 1.82) is 0 Å². The molecule has 0 atom stereocenters. The van der Waals surface area contributed by atoms with E-state index in [-0.39, 0.29) is 11.0 Å². The minimum atomic E-state index is -0.623. The van der Waals surface area contributed by atoms with E-state index in [0.717, 1.165) is 47.5 Å². The Hall–Kier alpha value is -1.45. The normalized spacial score (nSPS) is 15.7. The van der Waals surface area contributed by atoms with Gasteiger partial charge in [0, 0.05) is 34.8 Å². The number of ether oxygens (including phenoxy) is 2. The van der Waals surface area contributed by atoms with Crippen LogP contribution in [0.1, 0.15) is 15.9 Å². The molecule has 0 spiro atoms. The fourth-order valence-corrected chi connectivity index (χ4v) is 3.56. The van der Waals surface area contributed by atoms with Crippen molar-refractivity contribution in [3.05, 3.63) is 43.2 Å². The highest BCUT2D eigenvalue weighted by Gasteiger charge is 2.16. The first-order valence-corrected chi connectivity index (χ1v) is 8.40. The minimum Gasteiger partial charge on any atom is -0.465 e. The second-order valence-electron chi connectivity index (χ2n) is 5.41. The van der Waals surface area contributed by atoms with E-state index >= 15 is 0 Å². The van der Waals surface area contributed by atoms with Gasteiger partial charge in [0.2, 0.25) is 5.43 Å². The maximum absolute atomic E-state index is 12.6. The van der Waals surface area contributed by atoms with Gasteiger partial charge in [0.15, 0.2) is 0 Å². The van der Waals surface area contributed by atoms with Gasteiger partial charge in [-0.25, -0.2) is 4.79 Å². The van der Waals surface area contributed by atoms with Gasteiger partial charge in [-0.15, -0.1) is 0 Å². The average Bonchev–Trinajstić information content (AvgIpc) is 2.56. The van der Waals surface area contributed by atoms with E-state index in [1.807, 2.05) is 6.07 Å². The van der Waals surface area contributed by atoms with E-state index in [1.165, 1.54) is 13.3 Å². The molecule has 0 saturated carbocycles. The summed E-state index contributed by atoms with van der Waals surface area (Å²) in [5, 5.41) is 0.517. The maximum atomic E-state index is 12.6. The van der Waals surface area contributed by atoms with Crippen LogP contribution in [-0.4, -0.2) is 49.3 Å². The molecule has 0 amide bonds. The van der Waals surface area contributed by atoms with Crippen molar-refractivity contribution in [3.63, 3.8) is 0 Å². The molecule has 0 unspecified atom stereocenters. The summed E-state index contributed by atoms with van der Waals surface area (Å²) < 4.78 is 11.0. The molecule has 1 fully saturated rings. The van der Waals surface area contributed by atoms with Crippen molar-refractivity contribution in [2.24, 2.45) is 0 Å². The second kappa shape index (κ2) is 6.98. The largest absolute Gasteiger partial charge is 0.465 e. The van der Waals surface area contributed by atoms with E-state index < -0.39 is 5.97 Å². The molecule has 122 valence electrons. The van der Waals surface area contributed by atoms with Crippen LogP contribution in [0.5, 0.6) is 0 Å². The Morgan fingerprint density at radius 1 is 1.39 bits per heavy atom. The Labute approximate surface area is 146 Å². The van der Waals surface area contributed by atoms with Crippen molar-refractivity contribution in [2.45, 2.75) is 6.54 Å². The molecule has 6 nitrogen and oxygen atoms in total. The highest BCUT2D eigenvalue weighted by atomic mass is 127. The fraction of sp³-hybridized carbons (Fsp3) is 0.375. The number of aromatic nitrogens is 1. The molecular weight excluding hydrogens is 411 g/mol. The van der Waals surface area contributed by atoms with E-state index in [9.17, 15) is 9.59 Å². The number of H-pyrrole nitrogens is 1. The summed E-state index contributed by atoms with van der Waals surface area (Å²) in [6, 6.07) is 3.92. The maximum Gasteiger partial charge on any atom is 0.343 e. The Morgan fingerprint density at radius 2 is 2.13 bits per heavy atom. The Morgan fingerprint density at radius 3 is 2.83 bits per heavy atom. The van der Waals surface area contributed by atoms with Gasteiger partial charge in [0.1, 0.15) is 5.56 Å². The highest BCUT2D eigenvalue weighted by Crippen LogP contribution is 2.20. The first kappa shape index (κ1) is 16.4. The lowest BCUT2D eigenvalue weighted by molar-refractivity contribution is 0.0342. The number of nitrogens with one attached hydrogen (secondary N) is 1. The van der Waals surface area contributed by atoms with Crippen LogP contribution in [-0.2, 0) is 16.0 Å². The van der Waals surface area contributed by atoms with Crippen molar-refractivity contribution in [2.75, 3.05) is 33.4 Å². The third-order valence-electron chi connectivity index (χ3n) is 3.92. The number of fused-ring (bicyclic) bond motifs is 1. The van der Waals surface area contributed by atoms with Gasteiger partial charge < -0.3 is 14.5 Å². The number of hydrogen-bond acceptors (Lipinski definition) is 5. The number of halogens is 1. The fourth-order valence-electron chi connectivity index (χ4n) is 2.71. The Balaban J connectivity index is 2.02. The summed E-state index contributed by atoms with van der Waals surface area (Å²) in [5.74, 6) is -0.623. The van der Waals surface area contributed by atoms with E-state index in [4.69, 9.17) is 4.74 Å². The predicted molar refractivity (Wildman–Crippen MR) is 94.7 cm³/mol. The third-order valence-corrected chi connectivity index (χ3v) is 4.77. The summed E-state index contributed by atoms with van der Waals surface area (Å²) in [4.78, 5) is 29.6. The van der Waals surface area contributed by atoms with E-state index in [1.54, 1.807) is 0 Å². The Bertz CT molecular complexity index is 797. The summed E-state index contributed by atoms with van der Waals surface area (Å²) in [5.41, 5.74) is 1.52. The topological polar surface area (TPSA) is 71.6 Å². The average molecular weight is 428 g/mol. The number of morpholine rings is 1. The molecule has 0 bridgehead atoms. The number of nitrogens with zero attached hydrogens (tertiary/aromatic N) is 1. The molecule has 1 N–H and O–H groups in total. The van der Waals surface area contributed by atoms with Crippen LogP contribution >= 0.6 is 22.6 Å². The predicted octanol–water partition coefficient (Wildman–Crippen LogP) is 1.75. The van der Waals surface area contributed by atoms with Crippen LogP contribution in [0, 0.1) is 3.57 Å². The molecule has 2 aromatic rings. The number of benzene rings is 1. The molecule has 1 aliphatic heterocycles. The molecule has 7 heteroatoms. The molecule has 23 heavy (non-hydrogen) atoms. The van der Waals surface area contributed by atoms with Crippen molar-refractivity contribution >= 4 is 39.5 Å². The summed E-state index contributed by atoms with van der Waals surface area (Å²) in [6.07, 6.45) is 1.42. The zero-order chi connectivity index (χ0) is 16.4. The minimum absolute atomic E-state index is 0.0272. The summed E-state index contributed by atoms with van der Waals surface area (Å²) in [7, 11) is 1.27. The number of carbonyl (C=O) groups excluding carboxylic acids is 1. The van der Waals surface area contributed by atoms with Gasteiger partial charge in [0.25, 0.3) is 0 Å².